The molecular formula is C36H27N. The second kappa shape index (κ2) is 10.0. The van der Waals surface area contributed by atoms with Crippen LogP contribution in [0, 0.1) is 0 Å². The first-order chi connectivity index (χ1) is 18.3. The van der Waals surface area contributed by atoms with Crippen LogP contribution < -0.4 is 5.73 Å². The van der Waals surface area contributed by atoms with Gasteiger partial charge in [0.25, 0.3) is 0 Å². The molecule has 176 valence electrons. The molecule has 37 heavy (non-hydrogen) atoms. The molecular weight excluding hydrogens is 446 g/mol. The molecule has 0 radical (unpaired) electrons. The minimum atomic E-state index is 0.765. The van der Waals surface area contributed by atoms with E-state index in [1.807, 2.05) is 18.2 Å². The largest absolute Gasteiger partial charge is 0.398 e. The Bertz CT molecular complexity index is 1780. The molecule has 0 heterocycles. The predicted molar refractivity (Wildman–Crippen MR) is 160 cm³/mol. The molecule has 2 N–H and O–H groups in total. The van der Waals surface area contributed by atoms with Gasteiger partial charge in [0.2, 0.25) is 0 Å². The van der Waals surface area contributed by atoms with Gasteiger partial charge in [0.1, 0.15) is 0 Å². The maximum atomic E-state index is 6.45. The van der Waals surface area contributed by atoms with Gasteiger partial charge in [0, 0.05) is 5.70 Å². The van der Waals surface area contributed by atoms with Gasteiger partial charge in [-0.1, -0.05) is 109 Å². The Kier molecular flexibility index (Phi) is 6.13. The fraction of sp³-hybridized carbons (Fsp3) is 0.0278. The van der Waals surface area contributed by atoms with E-state index in [2.05, 4.69) is 127 Å². The van der Waals surface area contributed by atoms with Crippen molar-refractivity contribution in [2.24, 2.45) is 5.73 Å². The maximum absolute atomic E-state index is 6.45. The average molecular weight is 474 g/mol. The van der Waals surface area contributed by atoms with Crippen molar-refractivity contribution in [3.05, 3.63) is 162 Å². The smallest absolute Gasteiger partial charge is 0.0387 e. The average Bonchev–Trinajstić information content (AvgIpc) is 3.24. The fourth-order valence-corrected chi connectivity index (χ4v) is 5.20. The second-order valence-corrected chi connectivity index (χ2v) is 9.24. The first-order valence-electron chi connectivity index (χ1n) is 12.6. The normalized spacial score (nSPS) is 13.6. The van der Waals surface area contributed by atoms with Crippen molar-refractivity contribution < 1.29 is 0 Å². The Balaban J connectivity index is 1.39. The van der Waals surface area contributed by atoms with Gasteiger partial charge in [-0.05, 0) is 91.4 Å². The van der Waals surface area contributed by atoms with Crippen LogP contribution in [0.5, 0.6) is 0 Å². The highest BCUT2D eigenvalue weighted by Crippen LogP contribution is 2.38. The van der Waals surface area contributed by atoms with Crippen LogP contribution in [0.1, 0.15) is 16.7 Å². The summed E-state index contributed by atoms with van der Waals surface area (Å²) >= 11 is 0. The second-order valence-electron chi connectivity index (χ2n) is 9.24. The fourth-order valence-electron chi connectivity index (χ4n) is 5.20. The zero-order valence-corrected chi connectivity index (χ0v) is 20.6. The van der Waals surface area contributed by atoms with Gasteiger partial charge < -0.3 is 5.73 Å². The lowest BCUT2D eigenvalue weighted by Crippen LogP contribution is -1.96. The number of rotatable bonds is 5. The molecule has 5 aromatic carbocycles. The lowest BCUT2D eigenvalue weighted by atomic mass is 9.87. The Morgan fingerprint density at radius 1 is 0.730 bits per heavy atom. The van der Waals surface area contributed by atoms with Crippen LogP contribution in [0.25, 0.3) is 43.6 Å². The van der Waals surface area contributed by atoms with Crippen molar-refractivity contribution in [3.8, 4) is 0 Å². The van der Waals surface area contributed by atoms with Crippen LogP contribution in [0.2, 0.25) is 0 Å². The van der Waals surface area contributed by atoms with E-state index in [-0.39, 0.29) is 0 Å². The molecule has 0 amide bonds. The summed E-state index contributed by atoms with van der Waals surface area (Å²) in [4.78, 5) is 0. The van der Waals surface area contributed by atoms with E-state index >= 15 is 0 Å². The molecule has 0 aliphatic heterocycles. The standard InChI is InChI=1S/C36H27N/c37-35(29-24-23-26-13-5-6-16-28(26)25-29)22-12-11-17-30-31-18-7-9-20-33(31)36(27-14-3-1-2-4-15-27)34-21-10-8-19-32(30)34/h1,3-16,18-25H,17,37H2/b12-11-,35-22-. The Morgan fingerprint density at radius 2 is 1.41 bits per heavy atom. The molecule has 0 bridgehead atoms. The summed E-state index contributed by atoms with van der Waals surface area (Å²) in [5, 5.41) is 7.51. The molecule has 0 atom stereocenters. The van der Waals surface area contributed by atoms with E-state index in [1.165, 1.54) is 49.0 Å². The minimum Gasteiger partial charge on any atom is -0.398 e. The molecule has 1 aliphatic carbocycles. The lowest BCUT2D eigenvalue weighted by molar-refractivity contribution is 1.32. The summed E-state index contributed by atoms with van der Waals surface area (Å²) in [7, 11) is 0. The molecule has 6 rings (SSSR count). The summed E-state index contributed by atoms with van der Waals surface area (Å²) in [6, 6.07) is 32.2. The van der Waals surface area contributed by atoms with E-state index in [1.54, 1.807) is 0 Å². The van der Waals surface area contributed by atoms with Gasteiger partial charge >= 0.3 is 0 Å². The topological polar surface area (TPSA) is 26.0 Å². The first kappa shape index (κ1) is 22.6. The lowest BCUT2D eigenvalue weighted by Gasteiger charge is -2.17. The Labute approximate surface area is 217 Å². The van der Waals surface area contributed by atoms with Crippen molar-refractivity contribution in [1.82, 2.24) is 0 Å². The van der Waals surface area contributed by atoms with Crippen molar-refractivity contribution in [2.75, 3.05) is 0 Å². The number of fused-ring (bicyclic) bond motifs is 3. The van der Waals surface area contributed by atoms with Crippen LogP contribution in [0.15, 0.2) is 145 Å². The molecule has 0 spiro atoms. The quantitative estimate of drug-likeness (QED) is 0.154. The summed E-state index contributed by atoms with van der Waals surface area (Å²) in [6.07, 6.45) is 17.4. The third-order valence-electron chi connectivity index (χ3n) is 6.98. The van der Waals surface area contributed by atoms with Gasteiger partial charge in [-0.2, -0.15) is 0 Å². The van der Waals surface area contributed by atoms with E-state index in [0.29, 0.717) is 0 Å². The number of allylic oxidation sites excluding steroid dienone is 8. The summed E-state index contributed by atoms with van der Waals surface area (Å²) in [5.74, 6) is 0. The third kappa shape index (κ3) is 4.45. The number of benzene rings is 5. The van der Waals surface area contributed by atoms with Crippen LogP contribution in [0.4, 0.5) is 0 Å². The zero-order valence-electron chi connectivity index (χ0n) is 20.6. The molecule has 1 heteroatoms. The van der Waals surface area contributed by atoms with Gasteiger partial charge in [-0.15, -0.1) is 5.73 Å². The van der Waals surface area contributed by atoms with Gasteiger partial charge in [0.05, 0.1) is 0 Å². The molecule has 0 unspecified atom stereocenters. The predicted octanol–water partition coefficient (Wildman–Crippen LogP) is 8.91. The van der Waals surface area contributed by atoms with Crippen molar-refractivity contribution >= 4 is 43.6 Å². The Morgan fingerprint density at radius 3 is 2.16 bits per heavy atom. The van der Waals surface area contributed by atoms with Crippen molar-refractivity contribution in [2.45, 2.75) is 6.42 Å². The minimum absolute atomic E-state index is 0.765. The van der Waals surface area contributed by atoms with Crippen LogP contribution >= 0.6 is 0 Å². The highest BCUT2D eigenvalue weighted by molar-refractivity contribution is 6.13. The van der Waals surface area contributed by atoms with Crippen LogP contribution in [-0.4, -0.2) is 0 Å². The molecule has 0 saturated carbocycles. The van der Waals surface area contributed by atoms with E-state index in [0.717, 1.165) is 17.7 Å². The molecule has 0 saturated heterocycles. The first-order valence-corrected chi connectivity index (χ1v) is 12.6. The van der Waals surface area contributed by atoms with Crippen LogP contribution in [0.3, 0.4) is 0 Å². The third-order valence-corrected chi connectivity index (χ3v) is 6.98. The monoisotopic (exact) mass is 473 g/mol. The summed E-state index contributed by atoms with van der Waals surface area (Å²) in [5.41, 5.74) is 15.2. The molecule has 5 aromatic rings. The van der Waals surface area contributed by atoms with E-state index < -0.39 is 0 Å². The van der Waals surface area contributed by atoms with Crippen molar-refractivity contribution in [1.29, 1.82) is 0 Å². The molecule has 0 aromatic heterocycles. The molecule has 1 aliphatic rings. The van der Waals surface area contributed by atoms with E-state index in [9.17, 15) is 0 Å². The summed E-state index contributed by atoms with van der Waals surface area (Å²) < 4.78 is 0. The number of hydrogen-bond acceptors (Lipinski definition) is 1. The number of hydrogen-bond donors (Lipinski definition) is 1. The number of nitrogens with two attached hydrogens (primary N) is 1. The van der Waals surface area contributed by atoms with Gasteiger partial charge in [-0.25, -0.2) is 0 Å². The Hall–Kier alpha value is -4.84. The van der Waals surface area contributed by atoms with Gasteiger partial charge in [0.15, 0.2) is 0 Å². The SMILES string of the molecule is N/C(=C\C=C/Cc1c2ccccc2c(C2=CC=C=CC=C2)c2ccccc12)c1ccc2ccccc2c1. The molecule has 1 nitrogen and oxygen atoms in total. The molecule has 0 fully saturated rings. The zero-order chi connectivity index (χ0) is 25.0. The van der Waals surface area contributed by atoms with Crippen molar-refractivity contribution in [3.63, 3.8) is 0 Å². The highest BCUT2D eigenvalue weighted by atomic mass is 14.6. The summed E-state index contributed by atoms with van der Waals surface area (Å²) in [6.45, 7) is 0. The van der Waals surface area contributed by atoms with Gasteiger partial charge in [-0.3, -0.25) is 0 Å². The van der Waals surface area contributed by atoms with E-state index in [4.69, 9.17) is 5.73 Å². The maximum Gasteiger partial charge on any atom is 0.0387 e. The van der Waals surface area contributed by atoms with Crippen LogP contribution in [-0.2, 0) is 6.42 Å². The highest BCUT2D eigenvalue weighted by Gasteiger charge is 2.14.